The predicted molar refractivity (Wildman–Crippen MR) is 51.4 cm³/mol. The van der Waals surface area contributed by atoms with Crippen molar-refractivity contribution in [1.82, 2.24) is 10.6 Å². The third-order valence-corrected chi connectivity index (χ3v) is 3.48. The summed E-state index contributed by atoms with van der Waals surface area (Å²) in [5.41, 5.74) is 0.799. The Morgan fingerprint density at radius 2 is 2.15 bits per heavy atom. The van der Waals surface area contributed by atoms with Crippen molar-refractivity contribution >= 4 is 39.2 Å². The zero-order valence-electron chi connectivity index (χ0n) is 6.33. The molecule has 0 aromatic carbocycles. The van der Waals surface area contributed by atoms with Gasteiger partial charge in [0.05, 0.1) is 0 Å². The lowest BCUT2D eigenvalue weighted by atomic mass is 10.1. The van der Waals surface area contributed by atoms with Crippen LogP contribution >= 0.6 is 27.3 Å². The smallest absolute Gasteiger partial charge is 0.322 e. The summed E-state index contributed by atoms with van der Waals surface area (Å²) >= 11 is 4.78. The third kappa shape index (κ3) is 1.47. The Hall–Kier alpha value is -0.880. The van der Waals surface area contributed by atoms with E-state index in [4.69, 9.17) is 0 Å². The number of halogens is 1. The SMILES string of the molecule is O=C1NC(=O)C(c2cscc2Br)N1. The van der Waals surface area contributed by atoms with Crippen LogP contribution in [0.4, 0.5) is 4.79 Å². The van der Waals surface area contributed by atoms with E-state index < -0.39 is 12.1 Å². The summed E-state index contributed by atoms with van der Waals surface area (Å²) in [6.07, 6.45) is 0. The van der Waals surface area contributed by atoms with Gasteiger partial charge in [0.15, 0.2) is 0 Å². The van der Waals surface area contributed by atoms with Gasteiger partial charge in [0, 0.05) is 15.4 Å². The molecule has 1 atom stereocenters. The van der Waals surface area contributed by atoms with Crippen molar-refractivity contribution in [2.24, 2.45) is 0 Å². The van der Waals surface area contributed by atoms with Crippen molar-refractivity contribution in [3.63, 3.8) is 0 Å². The Kier molecular flexibility index (Phi) is 2.09. The normalized spacial score (nSPS) is 21.5. The first kappa shape index (κ1) is 8.71. The van der Waals surface area contributed by atoms with Gasteiger partial charge in [-0.1, -0.05) is 0 Å². The van der Waals surface area contributed by atoms with Crippen LogP contribution in [-0.2, 0) is 4.79 Å². The molecular weight excluding hydrogens is 256 g/mol. The van der Waals surface area contributed by atoms with Gasteiger partial charge in [0.1, 0.15) is 6.04 Å². The molecule has 0 aliphatic carbocycles. The van der Waals surface area contributed by atoms with E-state index in [0.717, 1.165) is 10.0 Å². The highest BCUT2D eigenvalue weighted by Crippen LogP contribution is 2.28. The number of carbonyl (C=O) groups excluding carboxylic acids is 2. The molecule has 0 saturated carbocycles. The van der Waals surface area contributed by atoms with Crippen molar-refractivity contribution in [3.05, 3.63) is 20.8 Å². The quantitative estimate of drug-likeness (QED) is 0.750. The van der Waals surface area contributed by atoms with Gasteiger partial charge in [-0.3, -0.25) is 10.1 Å². The van der Waals surface area contributed by atoms with E-state index in [1.807, 2.05) is 10.8 Å². The minimum Gasteiger partial charge on any atom is -0.322 e. The van der Waals surface area contributed by atoms with Crippen LogP contribution in [-0.4, -0.2) is 11.9 Å². The molecule has 1 unspecified atom stereocenters. The number of amides is 3. The average molecular weight is 261 g/mol. The zero-order chi connectivity index (χ0) is 9.42. The van der Waals surface area contributed by atoms with Crippen molar-refractivity contribution in [3.8, 4) is 0 Å². The van der Waals surface area contributed by atoms with Crippen LogP contribution in [0.5, 0.6) is 0 Å². The largest absolute Gasteiger partial charge is 0.322 e. The monoisotopic (exact) mass is 260 g/mol. The Labute approximate surface area is 86.5 Å². The molecule has 2 N–H and O–H groups in total. The summed E-state index contributed by atoms with van der Waals surface area (Å²) in [5.74, 6) is -0.302. The highest BCUT2D eigenvalue weighted by Gasteiger charge is 2.32. The Balaban J connectivity index is 2.32. The second kappa shape index (κ2) is 3.12. The van der Waals surface area contributed by atoms with Crippen LogP contribution in [0.2, 0.25) is 0 Å². The molecule has 1 aromatic rings. The van der Waals surface area contributed by atoms with Gasteiger partial charge in [-0.2, -0.15) is 11.3 Å². The molecule has 0 radical (unpaired) electrons. The van der Waals surface area contributed by atoms with Gasteiger partial charge in [-0.25, -0.2) is 4.79 Å². The van der Waals surface area contributed by atoms with Gasteiger partial charge in [0.2, 0.25) is 0 Å². The highest BCUT2D eigenvalue weighted by molar-refractivity contribution is 9.10. The predicted octanol–water partition coefficient (Wildman–Crippen LogP) is 1.39. The molecule has 68 valence electrons. The molecule has 6 heteroatoms. The van der Waals surface area contributed by atoms with Gasteiger partial charge in [-0.15, -0.1) is 0 Å². The van der Waals surface area contributed by atoms with E-state index in [9.17, 15) is 9.59 Å². The molecule has 1 aromatic heterocycles. The number of urea groups is 1. The fourth-order valence-electron chi connectivity index (χ4n) is 1.13. The second-order valence-corrected chi connectivity index (χ2v) is 4.17. The first-order valence-corrected chi connectivity index (χ1v) is 5.25. The van der Waals surface area contributed by atoms with E-state index >= 15 is 0 Å². The van der Waals surface area contributed by atoms with E-state index in [1.165, 1.54) is 11.3 Å². The Bertz CT molecular complexity index is 376. The number of nitrogens with one attached hydrogen (secondary N) is 2. The fraction of sp³-hybridized carbons (Fsp3) is 0.143. The molecule has 1 saturated heterocycles. The van der Waals surface area contributed by atoms with Gasteiger partial charge < -0.3 is 5.32 Å². The van der Waals surface area contributed by atoms with Crippen molar-refractivity contribution in [2.45, 2.75) is 6.04 Å². The van der Waals surface area contributed by atoms with Crippen LogP contribution in [0, 0.1) is 0 Å². The molecule has 1 aliphatic rings. The average Bonchev–Trinajstić information content (AvgIpc) is 2.58. The van der Waals surface area contributed by atoms with Crippen molar-refractivity contribution in [2.75, 3.05) is 0 Å². The molecule has 1 fully saturated rings. The van der Waals surface area contributed by atoms with E-state index in [2.05, 4.69) is 26.6 Å². The van der Waals surface area contributed by atoms with Crippen molar-refractivity contribution < 1.29 is 9.59 Å². The summed E-state index contributed by atoms with van der Waals surface area (Å²) in [7, 11) is 0. The van der Waals surface area contributed by atoms with E-state index in [1.54, 1.807) is 0 Å². The molecule has 0 spiro atoms. The van der Waals surface area contributed by atoms with Crippen LogP contribution in [0.3, 0.4) is 0 Å². The summed E-state index contributed by atoms with van der Waals surface area (Å²) in [4.78, 5) is 22.0. The lowest BCUT2D eigenvalue weighted by Crippen LogP contribution is -2.22. The van der Waals surface area contributed by atoms with E-state index in [-0.39, 0.29) is 5.91 Å². The van der Waals surface area contributed by atoms with Gasteiger partial charge in [0.25, 0.3) is 5.91 Å². The zero-order valence-corrected chi connectivity index (χ0v) is 8.74. The molecule has 13 heavy (non-hydrogen) atoms. The maximum Gasteiger partial charge on any atom is 0.322 e. The minimum absolute atomic E-state index is 0.302. The lowest BCUT2D eigenvalue weighted by molar-refractivity contribution is -0.120. The van der Waals surface area contributed by atoms with Gasteiger partial charge >= 0.3 is 6.03 Å². The standard InChI is InChI=1S/C7H5BrN2O2S/c8-4-2-13-1-3(4)5-6(11)10-7(12)9-5/h1-2,5H,(H2,9,10,11,12). The summed E-state index contributed by atoms with van der Waals surface area (Å²) in [5, 5.41) is 8.40. The first-order valence-electron chi connectivity index (χ1n) is 3.51. The molecule has 4 nitrogen and oxygen atoms in total. The lowest BCUT2D eigenvalue weighted by Gasteiger charge is -2.04. The number of imide groups is 1. The molecule has 1 aliphatic heterocycles. The number of hydrogen-bond acceptors (Lipinski definition) is 3. The third-order valence-electron chi connectivity index (χ3n) is 1.73. The Morgan fingerprint density at radius 1 is 1.38 bits per heavy atom. The highest BCUT2D eigenvalue weighted by atomic mass is 79.9. The van der Waals surface area contributed by atoms with Gasteiger partial charge in [-0.05, 0) is 21.3 Å². The first-order chi connectivity index (χ1) is 6.18. The fourth-order valence-corrected chi connectivity index (χ4v) is 2.69. The van der Waals surface area contributed by atoms with Crippen molar-refractivity contribution in [1.29, 1.82) is 0 Å². The number of carbonyl (C=O) groups is 2. The maximum atomic E-state index is 11.2. The molecule has 2 heterocycles. The second-order valence-electron chi connectivity index (χ2n) is 2.57. The van der Waals surface area contributed by atoms with Crippen LogP contribution in [0.15, 0.2) is 15.2 Å². The topological polar surface area (TPSA) is 58.2 Å². The van der Waals surface area contributed by atoms with Crippen LogP contribution < -0.4 is 10.6 Å². The number of hydrogen-bond donors (Lipinski definition) is 2. The Morgan fingerprint density at radius 3 is 2.62 bits per heavy atom. The number of thiophene rings is 1. The summed E-state index contributed by atoms with van der Waals surface area (Å²) in [6.45, 7) is 0. The summed E-state index contributed by atoms with van der Waals surface area (Å²) in [6, 6.07) is -0.985. The number of rotatable bonds is 1. The van der Waals surface area contributed by atoms with Crippen LogP contribution in [0.1, 0.15) is 11.6 Å². The summed E-state index contributed by atoms with van der Waals surface area (Å²) < 4.78 is 0.847. The minimum atomic E-state index is -0.548. The van der Waals surface area contributed by atoms with Crippen LogP contribution in [0.25, 0.3) is 0 Å². The van der Waals surface area contributed by atoms with E-state index in [0.29, 0.717) is 0 Å². The molecule has 3 amide bonds. The molecular formula is C7H5BrN2O2S. The maximum absolute atomic E-state index is 11.2. The molecule has 0 bridgehead atoms. The molecule has 2 rings (SSSR count).